The molecule has 0 saturated heterocycles. The van der Waals surface area contributed by atoms with Gasteiger partial charge in [-0.25, -0.2) is 0 Å². The maximum Gasteiger partial charge on any atom is 0.308 e. The summed E-state index contributed by atoms with van der Waals surface area (Å²) in [6, 6.07) is 5.20. The molecule has 0 radical (unpaired) electrons. The van der Waals surface area contributed by atoms with E-state index in [0.717, 1.165) is 11.1 Å². The van der Waals surface area contributed by atoms with Crippen LogP contribution in [-0.2, 0) is 9.59 Å². The predicted molar refractivity (Wildman–Crippen MR) is 75.8 cm³/mol. The normalized spacial score (nSPS) is 13.4. The van der Waals surface area contributed by atoms with Gasteiger partial charge in [-0.2, -0.15) is 0 Å². The molecule has 0 aliphatic rings. The van der Waals surface area contributed by atoms with E-state index in [2.05, 4.69) is 5.32 Å². The van der Waals surface area contributed by atoms with Crippen LogP contribution in [0.5, 0.6) is 5.75 Å². The topological polar surface area (TPSA) is 75.6 Å². The molecule has 0 heterocycles. The Morgan fingerprint density at radius 3 is 2.55 bits per heavy atom. The maximum atomic E-state index is 11.7. The van der Waals surface area contributed by atoms with E-state index in [1.165, 1.54) is 0 Å². The van der Waals surface area contributed by atoms with Crippen molar-refractivity contribution in [1.29, 1.82) is 0 Å². The van der Waals surface area contributed by atoms with Gasteiger partial charge in [-0.15, -0.1) is 0 Å². The van der Waals surface area contributed by atoms with Crippen LogP contribution in [0.3, 0.4) is 0 Å². The van der Waals surface area contributed by atoms with Crippen molar-refractivity contribution in [2.24, 2.45) is 5.92 Å². The van der Waals surface area contributed by atoms with Gasteiger partial charge in [-0.1, -0.05) is 12.1 Å². The lowest BCUT2D eigenvalue weighted by Gasteiger charge is -2.18. The van der Waals surface area contributed by atoms with Crippen LogP contribution in [-0.4, -0.2) is 29.6 Å². The van der Waals surface area contributed by atoms with E-state index in [1.807, 2.05) is 26.0 Å². The van der Waals surface area contributed by atoms with Crippen LogP contribution in [0.15, 0.2) is 18.2 Å². The molecule has 0 aromatic heterocycles. The van der Waals surface area contributed by atoms with Crippen molar-refractivity contribution in [3.05, 3.63) is 29.3 Å². The third-order valence-corrected chi connectivity index (χ3v) is 3.44. The zero-order valence-electron chi connectivity index (χ0n) is 12.3. The fourth-order valence-electron chi connectivity index (χ4n) is 1.66. The Bertz CT molecular complexity index is 499. The Hall–Kier alpha value is -2.04. The number of carboxylic acid groups (broad SMARTS) is 1. The highest BCUT2D eigenvalue weighted by atomic mass is 16.5. The highest BCUT2D eigenvalue weighted by Gasteiger charge is 2.21. The lowest BCUT2D eigenvalue weighted by atomic mass is 10.0. The second-order valence-electron chi connectivity index (χ2n) is 4.97. The number of nitrogens with one attached hydrogen (secondary N) is 1. The number of carbonyl (C=O) groups excluding carboxylic acids is 1. The minimum atomic E-state index is -0.937. The molecule has 20 heavy (non-hydrogen) atoms. The van der Waals surface area contributed by atoms with Gasteiger partial charge < -0.3 is 15.2 Å². The summed E-state index contributed by atoms with van der Waals surface area (Å²) in [5, 5.41) is 11.5. The van der Waals surface area contributed by atoms with Crippen molar-refractivity contribution in [3.8, 4) is 5.75 Å². The van der Waals surface area contributed by atoms with Crippen molar-refractivity contribution in [3.63, 3.8) is 0 Å². The summed E-state index contributed by atoms with van der Waals surface area (Å²) in [7, 11) is 0. The van der Waals surface area contributed by atoms with Crippen LogP contribution in [0, 0.1) is 19.8 Å². The quantitative estimate of drug-likeness (QED) is 0.834. The standard InChI is InChI=1S/C15H21NO4/c1-9-6-5-7-13(10(9)2)20-8-14(17)16-12(4)11(3)15(18)19/h5-7,11-12H,8H2,1-4H3,(H,16,17)(H,18,19). The molecule has 2 N–H and O–H groups in total. The van der Waals surface area contributed by atoms with E-state index < -0.39 is 17.9 Å². The van der Waals surface area contributed by atoms with Crippen molar-refractivity contribution in [2.75, 3.05) is 6.61 Å². The number of hydrogen-bond donors (Lipinski definition) is 2. The molecule has 2 unspecified atom stereocenters. The van der Waals surface area contributed by atoms with Gasteiger partial charge in [0, 0.05) is 6.04 Å². The number of carbonyl (C=O) groups is 2. The zero-order chi connectivity index (χ0) is 15.3. The van der Waals surface area contributed by atoms with E-state index in [4.69, 9.17) is 9.84 Å². The smallest absolute Gasteiger partial charge is 0.308 e. The second-order valence-corrected chi connectivity index (χ2v) is 4.97. The molecule has 5 heteroatoms. The van der Waals surface area contributed by atoms with Gasteiger partial charge in [0.25, 0.3) is 5.91 Å². The molecular formula is C15H21NO4. The molecule has 0 aliphatic carbocycles. The molecule has 2 atom stereocenters. The van der Waals surface area contributed by atoms with E-state index in [-0.39, 0.29) is 12.5 Å². The average Bonchev–Trinajstić information content (AvgIpc) is 2.39. The minimum Gasteiger partial charge on any atom is -0.483 e. The first-order valence-electron chi connectivity index (χ1n) is 6.54. The number of amides is 1. The summed E-state index contributed by atoms with van der Waals surface area (Å²) in [6.07, 6.45) is 0. The van der Waals surface area contributed by atoms with E-state index in [0.29, 0.717) is 5.75 Å². The Labute approximate surface area is 118 Å². The van der Waals surface area contributed by atoms with Crippen molar-refractivity contribution < 1.29 is 19.4 Å². The summed E-state index contributed by atoms with van der Waals surface area (Å²) in [6.45, 7) is 6.99. The SMILES string of the molecule is Cc1cccc(OCC(=O)NC(C)C(C)C(=O)O)c1C. The highest BCUT2D eigenvalue weighted by molar-refractivity contribution is 5.79. The van der Waals surface area contributed by atoms with E-state index >= 15 is 0 Å². The predicted octanol–water partition coefficient (Wildman–Crippen LogP) is 1.91. The molecule has 0 bridgehead atoms. The van der Waals surface area contributed by atoms with Crippen LogP contribution in [0.4, 0.5) is 0 Å². The Morgan fingerprint density at radius 1 is 1.30 bits per heavy atom. The first kappa shape index (κ1) is 16.0. The Kier molecular flexibility index (Phi) is 5.55. The largest absolute Gasteiger partial charge is 0.483 e. The summed E-state index contributed by atoms with van der Waals surface area (Å²) in [4.78, 5) is 22.5. The van der Waals surface area contributed by atoms with Gasteiger partial charge in [0.15, 0.2) is 6.61 Å². The van der Waals surface area contributed by atoms with Crippen LogP contribution in [0.1, 0.15) is 25.0 Å². The molecule has 110 valence electrons. The van der Waals surface area contributed by atoms with Gasteiger partial charge in [0.2, 0.25) is 0 Å². The van der Waals surface area contributed by atoms with Gasteiger partial charge in [0.1, 0.15) is 5.75 Å². The number of carboxylic acids is 1. The Balaban J connectivity index is 2.52. The average molecular weight is 279 g/mol. The highest BCUT2D eigenvalue weighted by Crippen LogP contribution is 2.20. The van der Waals surface area contributed by atoms with Crippen LogP contribution >= 0.6 is 0 Å². The number of aliphatic carboxylic acids is 1. The first-order chi connectivity index (χ1) is 9.32. The number of ether oxygens (including phenoxy) is 1. The summed E-state index contributed by atoms with van der Waals surface area (Å²) >= 11 is 0. The second kappa shape index (κ2) is 6.93. The number of aryl methyl sites for hydroxylation is 1. The summed E-state index contributed by atoms with van der Waals surface area (Å²) in [5.41, 5.74) is 2.09. The van der Waals surface area contributed by atoms with Crippen LogP contribution in [0.2, 0.25) is 0 Å². The molecule has 1 rings (SSSR count). The fourth-order valence-corrected chi connectivity index (χ4v) is 1.66. The van der Waals surface area contributed by atoms with Crippen LogP contribution in [0.25, 0.3) is 0 Å². The maximum absolute atomic E-state index is 11.7. The number of rotatable bonds is 6. The summed E-state index contributed by atoms with van der Waals surface area (Å²) < 4.78 is 5.46. The lowest BCUT2D eigenvalue weighted by Crippen LogP contribution is -2.42. The molecule has 1 amide bonds. The van der Waals surface area contributed by atoms with E-state index in [9.17, 15) is 9.59 Å². The molecule has 0 aliphatic heterocycles. The number of benzene rings is 1. The number of hydrogen-bond acceptors (Lipinski definition) is 3. The molecule has 1 aromatic rings. The summed E-state index contributed by atoms with van der Waals surface area (Å²) in [5.74, 6) is -1.24. The molecule has 1 aromatic carbocycles. The van der Waals surface area contributed by atoms with Crippen molar-refractivity contribution >= 4 is 11.9 Å². The van der Waals surface area contributed by atoms with Gasteiger partial charge in [0.05, 0.1) is 5.92 Å². The van der Waals surface area contributed by atoms with Gasteiger partial charge in [-0.3, -0.25) is 9.59 Å². The molecule has 0 saturated carbocycles. The van der Waals surface area contributed by atoms with Crippen molar-refractivity contribution in [2.45, 2.75) is 33.7 Å². The van der Waals surface area contributed by atoms with Crippen LogP contribution < -0.4 is 10.1 Å². The van der Waals surface area contributed by atoms with Gasteiger partial charge in [-0.05, 0) is 44.9 Å². The van der Waals surface area contributed by atoms with Crippen molar-refractivity contribution in [1.82, 2.24) is 5.32 Å². The molecule has 5 nitrogen and oxygen atoms in total. The first-order valence-corrected chi connectivity index (χ1v) is 6.54. The van der Waals surface area contributed by atoms with Gasteiger partial charge >= 0.3 is 5.97 Å². The Morgan fingerprint density at radius 2 is 1.95 bits per heavy atom. The fraction of sp³-hybridized carbons (Fsp3) is 0.467. The third-order valence-electron chi connectivity index (χ3n) is 3.44. The molecule has 0 fully saturated rings. The monoisotopic (exact) mass is 279 g/mol. The third kappa shape index (κ3) is 4.26. The zero-order valence-corrected chi connectivity index (χ0v) is 12.3. The molecule has 0 spiro atoms. The minimum absolute atomic E-state index is 0.124. The molecular weight excluding hydrogens is 258 g/mol. The lowest BCUT2D eigenvalue weighted by molar-refractivity contribution is -0.142. The van der Waals surface area contributed by atoms with E-state index in [1.54, 1.807) is 19.9 Å².